The number of aromatic nitrogens is 2. The van der Waals surface area contributed by atoms with Crippen molar-refractivity contribution in [3.05, 3.63) is 56.8 Å². The number of carbonyl (C=O) groups is 1. The largest absolute Gasteiger partial charge is 0.347 e. The van der Waals surface area contributed by atoms with Gasteiger partial charge in [0.25, 0.3) is 5.91 Å². The molecule has 0 aliphatic carbocycles. The van der Waals surface area contributed by atoms with E-state index in [4.69, 9.17) is 11.6 Å². The smallest absolute Gasteiger partial charge is 0.261 e. The minimum atomic E-state index is -0.0806. The first-order valence-electron chi connectivity index (χ1n) is 7.78. The summed E-state index contributed by atoms with van der Waals surface area (Å²) in [6.45, 7) is 6.42. The Balaban J connectivity index is 1.85. The molecule has 1 N–H and O–H groups in total. The minimum absolute atomic E-state index is 0.0806. The van der Waals surface area contributed by atoms with Crippen molar-refractivity contribution in [1.29, 1.82) is 0 Å². The summed E-state index contributed by atoms with van der Waals surface area (Å²) in [7, 11) is 0. The van der Waals surface area contributed by atoms with Gasteiger partial charge < -0.3 is 5.32 Å². The molecule has 0 atom stereocenters. The highest BCUT2D eigenvalue weighted by molar-refractivity contribution is 7.20. The van der Waals surface area contributed by atoms with Gasteiger partial charge in [-0.1, -0.05) is 30.7 Å². The number of carbonyl (C=O) groups excluding carboxylic acids is 1. The van der Waals surface area contributed by atoms with Gasteiger partial charge >= 0.3 is 0 Å². The lowest BCUT2D eigenvalue weighted by Gasteiger charge is -2.05. The normalized spacial score (nSPS) is 11.0. The number of nitrogens with one attached hydrogen (secondary N) is 1. The number of rotatable bonds is 4. The first-order valence-corrected chi connectivity index (χ1v) is 8.98. The molecule has 0 aliphatic rings. The van der Waals surface area contributed by atoms with Gasteiger partial charge in [-0.25, -0.2) is 9.97 Å². The molecule has 2 aromatic heterocycles. The molecule has 3 aromatic rings. The fourth-order valence-corrected chi connectivity index (χ4v) is 3.93. The Morgan fingerprint density at radius 2 is 1.92 bits per heavy atom. The third-order valence-corrected chi connectivity index (χ3v) is 5.34. The van der Waals surface area contributed by atoms with Crippen molar-refractivity contribution in [3.63, 3.8) is 0 Å². The Hall–Kier alpha value is -1.98. The highest BCUT2D eigenvalue weighted by Crippen LogP contribution is 2.31. The van der Waals surface area contributed by atoms with Crippen LogP contribution < -0.4 is 5.32 Å². The maximum atomic E-state index is 12.6. The molecule has 24 heavy (non-hydrogen) atoms. The van der Waals surface area contributed by atoms with E-state index in [9.17, 15) is 4.79 Å². The average molecular weight is 360 g/mol. The van der Waals surface area contributed by atoms with Crippen molar-refractivity contribution in [2.24, 2.45) is 0 Å². The number of nitrogens with zero attached hydrogens (tertiary/aromatic N) is 2. The average Bonchev–Trinajstić information content (AvgIpc) is 2.91. The van der Waals surface area contributed by atoms with Crippen LogP contribution in [0, 0.1) is 13.8 Å². The van der Waals surface area contributed by atoms with Crippen LogP contribution in [0.3, 0.4) is 0 Å². The maximum Gasteiger partial charge on any atom is 0.261 e. The second-order valence-electron chi connectivity index (χ2n) is 5.62. The zero-order valence-electron chi connectivity index (χ0n) is 13.8. The lowest BCUT2D eigenvalue weighted by Crippen LogP contribution is -2.22. The predicted molar refractivity (Wildman–Crippen MR) is 98.9 cm³/mol. The molecule has 1 amide bonds. The van der Waals surface area contributed by atoms with E-state index < -0.39 is 0 Å². The highest BCUT2D eigenvalue weighted by atomic mass is 35.5. The summed E-state index contributed by atoms with van der Waals surface area (Å²) in [6, 6.07) is 7.45. The molecular formula is C18H18ClN3OS. The lowest BCUT2D eigenvalue weighted by atomic mass is 10.1. The van der Waals surface area contributed by atoms with Crippen LogP contribution in [0.4, 0.5) is 0 Å². The van der Waals surface area contributed by atoms with Gasteiger partial charge in [0, 0.05) is 29.1 Å². The summed E-state index contributed by atoms with van der Waals surface area (Å²) in [4.78, 5) is 23.2. The van der Waals surface area contributed by atoms with Crippen molar-refractivity contribution in [1.82, 2.24) is 15.3 Å². The highest BCUT2D eigenvalue weighted by Gasteiger charge is 2.18. The first-order chi connectivity index (χ1) is 11.5. The van der Waals surface area contributed by atoms with Gasteiger partial charge in [0.05, 0.1) is 4.88 Å². The standard InChI is InChI=1S/C18H18ClN3OS/c1-4-14-21-11(3)15-10(2)16(24-18(15)22-14)17(23)20-9-12-5-7-13(19)8-6-12/h5-8H,4,9H2,1-3H3,(H,20,23). The van der Waals surface area contributed by atoms with Crippen LogP contribution in [0.5, 0.6) is 0 Å². The van der Waals surface area contributed by atoms with E-state index in [-0.39, 0.29) is 5.91 Å². The third kappa shape index (κ3) is 3.28. The van der Waals surface area contributed by atoms with Gasteiger partial charge in [0.2, 0.25) is 0 Å². The van der Waals surface area contributed by atoms with Crippen molar-refractivity contribution in [2.45, 2.75) is 33.7 Å². The molecule has 4 nitrogen and oxygen atoms in total. The minimum Gasteiger partial charge on any atom is -0.347 e. The SMILES string of the molecule is CCc1nc(C)c2c(C)c(C(=O)NCc3ccc(Cl)cc3)sc2n1. The monoisotopic (exact) mass is 359 g/mol. The second-order valence-corrected chi connectivity index (χ2v) is 7.06. The van der Waals surface area contributed by atoms with Crippen LogP contribution in [-0.4, -0.2) is 15.9 Å². The first kappa shape index (κ1) is 16.9. The van der Waals surface area contributed by atoms with Crippen LogP contribution >= 0.6 is 22.9 Å². The fourth-order valence-electron chi connectivity index (χ4n) is 2.63. The summed E-state index contributed by atoms with van der Waals surface area (Å²) in [5.41, 5.74) is 2.89. The molecule has 0 bridgehead atoms. The number of hydrogen-bond donors (Lipinski definition) is 1. The Morgan fingerprint density at radius 3 is 2.58 bits per heavy atom. The summed E-state index contributed by atoms with van der Waals surface area (Å²) < 4.78 is 0. The predicted octanol–water partition coefficient (Wildman–Crippen LogP) is 4.45. The summed E-state index contributed by atoms with van der Waals surface area (Å²) in [5.74, 6) is 0.734. The number of hydrogen-bond acceptors (Lipinski definition) is 4. The number of benzene rings is 1. The molecule has 2 heterocycles. The van der Waals surface area contributed by atoms with Crippen molar-refractivity contribution in [2.75, 3.05) is 0 Å². The number of thiophene rings is 1. The molecule has 0 saturated carbocycles. The van der Waals surface area contributed by atoms with Crippen LogP contribution in [0.2, 0.25) is 5.02 Å². The molecule has 0 saturated heterocycles. The molecular weight excluding hydrogens is 342 g/mol. The van der Waals surface area contributed by atoms with E-state index >= 15 is 0 Å². The van der Waals surface area contributed by atoms with E-state index in [1.165, 1.54) is 11.3 Å². The molecule has 0 radical (unpaired) electrons. The Bertz CT molecular complexity index is 903. The topological polar surface area (TPSA) is 54.9 Å². The number of fused-ring (bicyclic) bond motifs is 1. The Labute approximate surface area is 149 Å². The molecule has 1 aromatic carbocycles. The van der Waals surface area contributed by atoms with Crippen LogP contribution in [0.25, 0.3) is 10.2 Å². The maximum absolute atomic E-state index is 12.6. The van der Waals surface area contributed by atoms with Crippen molar-refractivity contribution in [3.8, 4) is 0 Å². The van der Waals surface area contributed by atoms with E-state index in [1.807, 2.05) is 45.0 Å². The quantitative estimate of drug-likeness (QED) is 0.748. The number of aryl methyl sites for hydroxylation is 3. The van der Waals surface area contributed by atoms with Gasteiger partial charge in [0.1, 0.15) is 10.7 Å². The van der Waals surface area contributed by atoms with Gasteiger partial charge in [0.15, 0.2) is 0 Å². The molecule has 0 aliphatic heterocycles. The molecule has 6 heteroatoms. The van der Waals surface area contributed by atoms with Crippen LogP contribution in [0.1, 0.15) is 39.2 Å². The fraction of sp³-hybridized carbons (Fsp3) is 0.278. The summed E-state index contributed by atoms with van der Waals surface area (Å²) >= 11 is 7.31. The van der Waals surface area contributed by atoms with Gasteiger partial charge in [-0.15, -0.1) is 11.3 Å². The van der Waals surface area contributed by atoms with E-state index in [0.29, 0.717) is 16.4 Å². The van der Waals surface area contributed by atoms with Crippen molar-refractivity contribution < 1.29 is 4.79 Å². The second kappa shape index (κ2) is 6.87. The van der Waals surface area contributed by atoms with E-state index in [2.05, 4.69) is 15.3 Å². The van der Waals surface area contributed by atoms with Gasteiger partial charge in [-0.3, -0.25) is 4.79 Å². The Kier molecular flexibility index (Phi) is 4.83. The summed E-state index contributed by atoms with van der Waals surface area (Å²) in [5, 5.41) is 4.65. The van der Waals surface area contributed by atoms with Gasteiger partial charge in [-0.2, -0.15) is 0 Å². The van der Waals surface area contributed by atoms with E-state index in [1.54, 1.807) is 0 Å². The number of halogens is 1. The van der Waals surface area contributed by atoms with Gasteiger partial charge in [-0.05, 0) is 37.1 Å². The van der Waals surface area contributed by atoms with E-state index in [0.717, 1.165) is 39.3 Å². The molecule has 0 fully saturated rings. The lowest BCUT2D eigenvalue weighted by molar-refractivity contribution is 0.0954. The van der Waals surface area contributed by atoms with Crippen LogP contribution in [0.15, 0.2) is 24.3 Å². The zero-order valence-corrected chi connectivity index (χ0v) is 15.4. The molecule has 124 valence electrons. The number of amides is 1. The third-order valence-electron chi connectivity index (χ3n) is 3.91. The zero-order chi connectivity index (χ0) is 17.3. The Morgan fingerprint density at radius 1 is 1.21 bits per heavy atom. The molecule has 3 rings (SSSR count). The summed E-state index contributed by atoms with van der Waals surface area (Å²) in [6.07, 6.45) is 0.784. The molecule has 0 unspecified atom stereocenters. The van der Waals surface area contributed by atoms with Crippen molar-refractivity contribution >= 4 is 39.1 Å². The van der Waals surface area contributed by atoms with Crippen LogP contribution in [-0.2, 0) is 13.0 Å². The molecule has 0 spiro atoms.